The quantitative estimate of drug-likeness (QED) is 0.893. The first-order chi connectivity index (χ1) is 11.1. The molecule has 1 aromatic carbocycles. The Kier molecular flexibility index (Phi) is 4.20. The molecule has 0 fully saturated rings. The smallest absolute Gasteiger partial charge is 0.0692 e. The molecule has 2 aliphatic rings. The molecule has 3 rings (SSSR count). The number of hydrogen-bond acceptors (Lipinski definition) is 3. The third kappa shape index (κ3) is 3.14. The summed E-state index contributed by atoms with van der Waals surface area (Å²) >= 11 is 0. The van der Waals surface area contributed by atoms with Crippen molar-refractivity contribution < 1.29 is 0 Å². The fraction of sp³-hybridized carbons (Fsp3) is 0.250. The summed E-state index contributed by atoms with van der Waals surface area (Å²) in [6.07, 6.45) is 8.28. The van der Waals surface area contributed by atoms with Crippen molar-refractivity contribution >= 4 is 11.3 Å². The van der Waals surface area contributed by atoms with Crippen molar-refractivity contribution in [2.75, 3.05) is 13.6 Å². The molecule has 118 valence electrons. The van der Waals surface area contributed by atoms with Crippen LogP contribution < -0.4 is 5.32 Å². The normalized spacial score (nSPS) is 20.4. The zero-order valence-electron chi connectivity index (χ0n) is 13.8. The second-order valence-corrected chi connectivity index (χ2v) is 6.14. The molecule has 0 saturated carbocycles. The van der Waals surface area contributed by atoms with Crippen molar-refractivity contribution in [3.8, 4) is 0 Å². The van der Waals surface area contributed by atoms with Crippen LogP contribution in [0.15, 0.2) is 72.6 Å². The molecule has 0 bridgehead atoms. The van der Waals surface area contributed by atoms with E-state index in [1.807, 2.05) is 12.1 Å². The summed E-state index contributed by atoms with van der Waals surface area (Å²) < 4.78 is 0. The third-order valence-electron chi connectivity index (χ3n) is 4.50. The lowest BCUT2D eigenvalue weighted by Gasteiger charge is -2.17. The van der Waals surface area contributed by atoms with E-state index >= 15 is 0 Å². The summed E-state index contributed by atoms with van der Waals surface area (Å²) in [6, 6.07) is 8.72. The predicted molar refractivity (Wildman–Crippen MR) is 98.0 cm³/mol. The van der Waals surface area contributed by atoms with Gasteiger partial charge in [-0.2, -0.15) is 5.10 Å². The van der Waals surface area contributed by atoms with E-state index in [4.69, 9.17) is 0 Å². The first-order valence-corrected chi connectivity index (χ1v) is 7.94. The lowest BCUT2D eigenvalue weighted by Crippen LogP contribution is -2.15. The van der Waals surface area contributed by atoms with Crippen LogP contribution in [0.2, 0.25) is 0 Å². The Morgan fingerprint density at radius 1 is 1.35 bits per heavy atom. The van der Waals surface area contributed by atoms with E-state index in [-0.39, 0.29) is 5.92 Å². The second kappa shape index (κ2) is 6.29. The van der Waals surface area contributed by atoms with Gasteiger partial charge in [-0.3, -0.25) is 5.01 Å². The minimum atomic E-state index is 0.250. The fourth-order valence-electron chi connectivity index (χ4n) is 3.05. The van der Waals surface area contributed by atoms with Gasteiger partial charge in [0, 0.05) is 31.1 Å². The summed E-state index contributed by atoms with van der Waals surface area (Å²) in [7, 11) is 2.02. The van der Waals surface area contributed by atoms with Crippen LogP contribution in [0.1, 0.15) is 24.0 Å². The van der Waals surface area contributed by atoms with Gasteiger partial charge in [-0.25, -0.2) is 0 Å². The summed E-state index contributed by atoms with van der Waals surface area (Å²) in [4.78, 5) is 0. The summed E-state index contributed by atoms with van der Waals surface area (Å²) in [6.45, 7) is 10.8. The van der Waals surface area contributed by atoms with Gasteiger partial charge in [0.25, 0.3) is 0 Å². The average Bonchev–Trinajstić information content (AvgIpc) is 2.93. The van der Waals surface area contributed by atoms with E-state index in [9.17, 15) is 0 Å². The lowest BCUT2D eigenvalue weighted by atomic mass is 9.90. The molecule has 1 heterocycles. The second-order valence-electron chi connectivity index (χ2n) is 6.14. The van der Waals surface area contributed by atoms with Gasteiger partial charge in [0.05, 0.1) is 5.71 Å². The van der Waals surface area contributed by atoms with Crippen LogP contribution in [0.25, 0.3) is 5.57 Å². The number of hydrazone groups is 1. The van der Waals surface area contributed by atoms with Crippen molar-refractivity contribution in [3.63, 3.8) is 0 Å². The van der Waals surface area contributed by atoms with Crippen LogP contribution >= 0.6 is 0 Å². The molecule has 23 heavy (non-hydrogen) atoms. The van der Waals surface area contributed by atoms with E-state index in [1.54, 1.807) is 6.20 Å². The molecule has 0 spiro atoms. The average molecular weight is 305 g/mol. The Labute approximate surface area is 138 Å². The molecule has 2 unspecified atom stereocenters. The van der Waals surface area contributed by atoms with Crippen LogP contribution in [0.5, 0.6) is 0 Å². The van der Waals surface area contributed by atoms with Crippen molar-refractivity contribution in [2.24, 2.45) is 11.0 Å². The first kappa shape index (κ1) is 15.3. The Bertz CT molecular complexity index is 707. The molecule has 0 radical (unpaired) electrons. The standard InChI is InChI=1S/C20H23N3/c1-5-21-15(3)14(2)16-6-8-17(9-7-16)18-10-11-20-19(12-18)13-23(4)22-20/h5-12,14,19,21H,1,3,13H2,2,4H3. The van der Waals surface area contributed by atoms with E-state index < -0.39 is 0 Å². The van der Waals surface area contributed by atoms with Crippen molar-refractivity contribution in [2.45, 2.75) is 12.8 Å². The molecule has 3 heteroatoms. The lowest BCUT2D eigenvalue weighted by molar-refractivity contribution is 0.376. The van der Waals surface area contributed by atoms with Crippen LogP contribution in [0.4, 0.5) is 0 Å². The molecule has 0 saturated heterocycles. The minimum Gasteiger partial charge on any atom is -0.366 e. The van der Waals surface area contributed by atoms with Crippen LogP contribution in [0.3, 0.4) is 0 Å². The van der Waals surface area contributed by atoms with Crippen LogP contribution in [-0.2, 0) is 0 Å². The zero-order chi connectivity index (χ0) is 16.4. The Morgan fingerprint density at radius 3 is 2.78 bits per heavy atom. The molecule has 1 aromatic rings. The maximum Gasteiger partial charge on any atom is 0.0692 e. The molecule has 1 aliphatic carbocycles. The largest absolute Gasteiger partial charge is 0.366 e. The number of rotatable bonds is 5. The number of hydrogen-bond donors (Lipinski definition) is 1. The summed E-state index contributed by atoms with van der Waals surface area (Å²) in [5.74, 6) is 0.662. The molecule has 1 N–H and O–H groups in total. The summed E-state index contributed by atoms with van der Waals surface area (Å²) in [5.41, 5.74) is 5.88. The van der Waals surface area contributed by atoms with E-state index in [1.165, 1.54) is 16.7 Å². The molecule has 0 amide bonds. The van der Waals surface area contributed by atoms with Crippen molar-refractivity contribution in [1.82, 2.24) is 10.3 Å². The van der Waals surface area contributed by atoms with Gasteiger partial charge in [-0.05, 0) is 29.0 Å². The number of fused-ring (bicyclic) bond motifs is 1. The molecular formula is C20H23N3. The Hall–Kier alpha value is -2.55. The first-order valence-electron chi connectivity index (χ1n) is 7.94. The minimum absolute atomic E-state index is 0.250. The van der Waals surface area contributed by atoms with Crippen LogP contribution in [0, 0.1) is 5.92 Å². The van der Waals surface area contributed by atoms with Crippen molar-refractivity contribution in [1.29, 1.82) is 0 Å². The highest BCUT2D eigenvalue weighted by Gasteiger charge is 2.23. The van der Waals surface area contributed by atoms with Gasteiger partial charge in [-0.15, -0.1) is 0 Å². The number of allylic oxidation sites excluding steroid dienone is 4. The highest BCUT2D eigenvalue weighted by Crippen LogP contribution is 2.29. The van der Waals surface area contributed by atoms with Crippen molar-refractivity contribution in [3.05, 3.63) is 78.7 Å². The maximum atomic E-state index is 4.51. The molecule has 2 atom stereocenters. The summed E-state index contributed by atoms with van der Waals surface area (Å²) in [5, 5.41) is 9.59. The van der Waals surface area contributed by atoms with Gasteiger partial charge >= 0.3 is 0 Å². The molecule has 1 aliphatic heterocycles. The molecule has 3 nitrogen and oxygen atoms in total. The van der Waals surface area contributed by atoms with Gasteiger partial charge in [-0.1, -0.05) is 56.5 Å². The maximum absolute atomic E-state index is 4.51. The Balaban J connectivity index is 1.77. The van der Waals surface area contributed by atoms with Gasteiger partial charge in [0.1, 0.15) is 0 Å². The zero-order valence-corrected chi connectivity index (χ0v) is 13.8. The van der Waals surface area contributed by atoms with Gasteiger partial charge in [0.2, 0.25) is 0 Å². The van der Waals surface area contributed by atoms with Gasteiger partial charge < -0.3 is 5.32 Å². The number of nitrogens with zero attached hydrogens (tertiary/aromatic N) is 2. The van der Waals surface area contributed by atoms with Gasteiger partial charge in [0.15, 0.2) is 0 Å². The fourth-order valence-corrected chi connectivity index (χ4v) is 3.05. The third-order valence-corrected chi connectivity index (χ3v) is 4.50. The SMILES string of the molecule is C=CNC(=C)C(C)c1ccc(C2=CC3CN(C)N=C3C=C2)cc1. The highest BCUT2D eigenvalue weighted by atomic mass is 15.5. The number of benzene rings is 1. The van der Waals surface area contributed by atoms with E-state index in [0.29, 0.717) is 5.92 Å². The Morgan fingerprint density at radius 2 is 2.09 bits per heavy atom. The number of nitrogens with one attached hydrogen (secondary N) is 1. The monoisotopic (exact) mass is 305 g/mol. The van der Waals surface area contributed by atoms with E-state index in [2.05, 4.69) is 73.0 Å². The predicted octanol–water partition coefficient (Wildman–Crippen LogP) is 3.91. The molecular weight excluding hydrogens is 282 g/mol. The molecule has 0 aromatic heterocycles. The van der Waals surface area contributed by atoms with Crippen LogP contribution in [-0.4, -0.2) is 24.3 Å². The highest BCUT2D eigenvalue weighted by molar-refractivity contribution is 6.04. The van der Waals surface area contributed by atoms with E-state index in [0.717, 1.165) is 18.0 Å². The topological polar surface area (TPSA) is 27.6 Å².